The molecule has 0 radical (unpaired) electrons. The third-order valence-corrected chi connectivity index (χ3v) is 4.89. The average molecular weight is 485 g/mol. The van der Waals surface area contributed by atoms with Gasteiger partial charge in [0.2, 0.25) is 11.8 Å². The van der Waals surface area contributed by atoms with Crippen LogP contribution in [-0.4, -0.2) is 25.6 Å². The van der Waals surface area contributed by atoms with E-state index in [1.165, 1.54) is 18.2 Å². The molecule has 0 aliphatic carbocycles. The van der Waals surface area contributed by atoms with E-state index in [9.17, 15) is 23.5 Å². The highest BCUT2D eigenvalue weighted by atomic mass is 35.5. The number of aromatic nitrogens is 3. The number of ether oxygens (including phenoxy) is 1. The van der Waals surface area contributed by atoms with Gasteiger partial charge in [0.05, 0.1) is 18.9 Å². The quantitative estimate of drug-likeness (QED) is 0.386. The first kappa shape index (κ1) is 22.9. The van der Waals surface area contributed by atoms with Crippen molar-refractivity contribution in [2.45, 2.75) is 6.54 Å². The normalized spacial score (nSPS) is 10.7. The van der Waals surface area contributed by atoms with Crippen LogP contribution < -0.4 is 15.6 Å². The van der Waals surface area contributed by atoms with Crippen molar-refractivity contribution >= 4 is 29.2 Å². The Hall–Kier alpha value is -4.31. The van der Waals surface area contributed by atoms with E-state index in [1.807, 2.05) is 0 Å². The lowest BCUT2D eigenvalue weighted by Crippen LogP contribution is -2.29. The van der Waals surface area contributed by atoms with Gasteiger partial charge in [0.15, 0.2) is 11.6 Å². The fraction of sp³-hybridized carbons (Fsp3) is 0.0435. The van der Waals surface area contributed by atoms with Gasteiger partial charge < -0.3 is 15.2 Å². The molecule has 0 spiro atoms. The molecule has 34 heavy (non-hydrogen) atoms. The maximum absolute atomic E-state index is 14.6. The van der Waals surface area contributed by atoms with Crippen LogP contribution in [0.2, 0.25) is 5.02 Å². The van der Waals surface area contributed by atoms with E-state index in [-0.39, 0.29) is 29.8 Å². The number of carbonyl (C=O) groups is 1. The lowest BCUT2D eigenvalue weighted by molar-refractivity contribution is 0.0693. The van der Waals surface area contributed by atoms with E-state index in [2.05, 4.69) is 15.3 Å². The molecular formula is C23H15ClF2N4O4. The lowest BCUT2D eigenvalue weighted by atomic mass is 10.2. The Morgan fingerprint density at radius 2 is 1.82 bits per heavy atom. The van der Waals surface area contributed by atoms with E-state index in [0.29, 0.717) is 10.6 Å². The second-order valence-corrected chi connectivity index (χ2v) is 7.44. The number of nitrogens with one attached hydrogen (secondary N) is 1. The van der Waals surface area contributed by atoms with Gasteiger partial charge in [0, 0.05) is 22.8 Å². The Balaban J connectivity index is 1.63. The Morgan fingerprint density at radius 1 is 1.06 bits per heavy atom. The summed E-state index contributed by atoms with van der Waals surface area (Å²) < 4.78 is 34.0. The Morgan fingerprint density at radius 3 is 2.47 bits per heavy atom. The molecule has 8 nitrogen and oxygen atoms in total. The molecule has 2 heterocycles. The molecule has 0 saturated heterocycles. The number of rotatable bonds is 7. The first-order chi connectivity index (χ1) is 16.3. The van der Waals surface area contributed by atoms with Gasteiger partial charge in [0.1, 0.15) is 11.4 Å². The average Bonchev–Trinajstić information content (AvgIpc) is 2.80. The number of aromatic carboxylic acids is 1. The van der Waals surface area contributed by atoms with Gasteiger partial charge in [-0.25, -0.2) is 23.5 Å². The summed E-state index contributed by atoms with van der Waals surface area (Å²) in [5.74, 6) is -2.89. The van der Waals surface area contributed by atoms with Crippen molar-refractivity contribution in [2.24, 2.45) is 0 Å². The van der Waals surface area contributed by atoms with Gasteiger partial charge in [-0.3, -0.25) is 9.36 Å². The van der Waals surface area contributed by atoms with Crippen LogP contribution in [0.4, 0.5) is 20.4 Å². The minimum atomic E-state index is -1.42. The van der Waals surface area contributed by atoms with Gasteiger partial charge in [-0.15, -0.1) is 0 Å². The minimum Gasteiger partial charge on any atom is -0.477 e. The van der Waals surface area contributed by atoms with Crippen molar-refractivity contribution in [2.75, 3.05) is 5.32 Å². The molecule has 0 fully saturated rings. The first-order valence-corrected chi connectivity index (χ1v) is 10.1. The van der Waals surface area contributed by atoms with E-state index in [4.69, 9.17) is 16.3 Å². The standard InChI is InChI=1S/C23H15ClF2N4O4/c24-14-3-1-13(2-4-14)12-30-21(31)17(22(32)33)11-28-23(30)29-16-6-7-19(18(26)9-16)34-20-8-5-15(25)10-27-20/h1-11H,12H2,(H,28,29)(H,32,33). The highest BCUT2D eigenvalue weighted by molar-refractivity contribution is 6.30. The molecule has 0 bridgehead atoms. The van der Waals surface area contributed by atoms with Crippen molar-refractivity contribution in [1.29, 1.82) is 0 Å². The number of hydrogen-bond donors (Lipinski definition) is 2. The van der Waals surface area contributed by atoms with Gasteiger partial charge >= 0.3 is 5.97 Å². The zero-order valence-corrected chi connectivity index (χ0v) is 18.0. The summed E-state index contributed by atoms with van der Waals surface area (Å²) in [5, 5.41) is 12.6. The topological polar surface area (TPSA) is 106 Å². The maximum Gasteiger partial charge on any atom is 0.342 e. The Labute approximate surface area is 196 Å². The van der Waals surface area contributed by atoms with E-state index >= 15 is 0 Å². The van der Waals surface area contributed by atoms with Crippen molar-refractivity contribution in [3.63, 3.8) is 0 Å². The second-order valence-electron chi connectivity index (χ2n) is 7.01. The summed E-state index contributed by atoms with van der Waals surface area (Å²) in [6.07, 6.45) is 1.87. The summed E-state index contributed by atoms with van der Waals surface area (Å²) in [5.41, 5.74) is -0.415. The smallest absolute Gasteiger partial charge is 0.342 e. The molecule has 0 saturated carbocycles. The van der Waals surface area contributed by atoms with Crippen LogP contribution in [0.3, 0.4) is 0 Å². The third-order valence-electron chi connectivity index (χ3n) is 4.63. The van der Waals surface area contributed by atoms with Crippen molar-refractivity contribution in [3.8, 4) is 11.6 Å². The van der Waals surface area contributed by atoms with Crippen LogP contribution >= 0.6 is 11.6 Å². The predicted molar refractivity (Wildman–Crippen MR) is 120 cm³/mol. The first-order valence-electron chi connectivity index (χ1n) is 9.74. The molecule has 0 aliphatic rings. The van der Waals surface area contributed by atoms with E-state index in [1.54, 1.807) is 24.3 Å². The Bertz CT molecular complexity index is 1410. The number of carboxylic acid groups (broad SMARTS) is 1. The van der Waals surface area contributed by atoms with Gasteiger partial charge in [-0.05, 0) is 35.9 Å². The van der Waals surface area contributed by atoms with Crippen molar-refractivity contribution < 1.29 is 23.4 Å². The fourth-order valence-corrected chi connectivity index (χ4v) is 3.11. The molecule has 0 atom stereocenters. The number of carboxylic acids is 1. The van der Waals surface area contributed by atoms with Crippen LogP contribution in [0.25, 0.3) is 0 Å². The van der Waals surface area contributed by atoms with Gasteiger partial charge in [0.25, 0.3) is 5.56 Å². The molecule has 2 N–H and O–H groups in total. The summed E-state index contributed by atoms with van der Waals surface area (Å²) in [7, 11) is 0. The summed E-state index contributed by atoms with van der Waals surface area (Å²) >= 11 is 5.90. The molecule has 4 rings (SSSR count). The van der Waals surface area contributed by atoms with E-state index < -0.39 is 28.7 Å². The summed E-state index contributed by atoms with van der Waals surface area (Å²) in [4.78, 5) is 32.0. The Kier molecular flexibility index (Phi) is 6.51. The van der Waals surface area contributed by atoms with Crippen LogP contribution in [-0.2, 0) is 6.54 Å². The van der Waals surface area contributed by atoms with E-state index in [0.717, 1.165) is 29.1 Å². The van der Waals surface area contributed by atoms with Crippen molar-refractivity contribution in [1.82, 2.24) is 14.5 Å². The van der Waals surface area contributed by atoms with Gasteiger partial charge in [-0.2, -0.15) is 0 Å². The summed E-state index contributed by atoms with van der Waals surface area (Å²) in [6, 6.07) is 12.9. The van der Waals surface area contributed by atoms with Crippen LogP contribution in [0, 0.1) is 11.6 Å². The predicted octanol–water partition coefficient (Wildman–Crippen LogP) is 4.85. The lowest BCUT2D eigenvalue weighted by Gasteiger charge is -2.15. The minimum absolute atomic E-state index is 0.00165. The van der Waals surface area contributed by atoms with Gasteiger partial charge in [-0.1, -0.05) is 23.7 Å². The number of hydrogen-bond acceptors (Lipinski definition) is 6. The number of pyridine rings is 1. The highest BCUT2D eigenvalue weighted by Gasteiger charge is 2.17. The number of halogens is 3. The molecule has 0 unspecified atom stereocenters. The monoisotopic (exact) mass is 484 g/mol. The number of benzene rings is 2. The molecule has 0 aliphatic heterocycles. The van der Waals surface area contributed by atoms with Crippen molar-refractivity contribution in [3.05, 3.63) is 105 Å². The molecule has 11 heteroatoms. The SMILES string of the molecule is O=C(O)c1cnc(Nc2ccc(Oc3ccc(F)cn3)c(F)c2)n(Cc2ccc(Cl)cc2)c1=O. The molecular weight excluding hydrogens is 470 g/mol. The molecule has 2 aromatic carbocycles. The maximum atomic E-state index is 14.6. The molecule has 4 aromatic rings. The zero-order chi connectivity index (χ0) is 24.2. The van der Waals surface area contributed by atoms with Crippen LogP contribution in [0.5, 0.6) is 11.6 Å². The highest BCUT2D eigenvalue weighted by Crippen LogP contribution is 2.27. The third kappa shape index (κ3) is 5.18. The largest absolute Gasteiger partial charge is 0.477 e. The summed E-state index contributed by atoms with van der Waals surface area (Å²) in [6.45, 7) is -0.00757. The fourth-order valence-electron chi connectivity index (χ4n) is 2.98. The second kappa shape index (κ2) is 9.67. The molecule has 172 valence electrons. The van der Waals surface area contributed by atoms with Crippen LogP contribution in [0.1, 0.15) is 15.9 Å². The number of anilines is 2. The zero-order valence-electron chi connectivity index (χ0n) is 17.2. The molecule has 0 amide bonds. The van der Waals surface area contributed by atoms with Crippen LogP contribution in [0.15, 0.2) is 71.8 Å². The number of nitrogens with zero attached hydrogens (tertiary/aromatic N) is 3. The molecule has 2 aromatic heterocycles.